The number of imide groups is 1. The Morgan fingerprint density at radius 3 is 2.63 bits per heavy atom. The molecular weight excluding hydrogens is 470 g/mol. The zero-order valence-electron chi connectivity index (χ0n) is 19.2. The number of nitrogens with one attached hydrogen (secondary N) is 1. The highest BCUT2D eigenvalue weighted by atomic mass is 35.5. The van der Waals surface area contributed by atoms with Gasteiger partial charge >= 0.3 is 0 Å². The highest BCUT2D eigenvalue weighted by Crippen LogP contribution is 2.36. The lowest BCUT2D eigenvalue weighted by Crippen LogP contribution is -2.54. The molecule has 6 rings (SSSR count). The first-order valence-electron chi connectivity index (χ1n) is 12.1. The van der Waals surface area contributed by atoms with Gasteiger partial charge in [0.05, 0.1) is 5.02 Å². The topological polar surface area (TPSA) is 105 Å². The van der Waals surface area contributed by atoms with Crippen molar-refractivity contribution in [3.63, 3.8) is 0 Å². The van der Waals surface area contributed by atoms with Gasteiger partial charge in [0.1, 0.15) is 23.7 Å². The summed E-state index contributed by atoms with van der Waals surface area (Å²) in [6.07, 6.45) is 7.17. The van der Waals surface area contributed by atoms with Crippen LogP contribution in [-0.2, 0) is 16.1 Å². The predicted molar refractivity (Wildman–Crippen MR) is 126 cm³/mol. The number of carbonyl (C=O) groups excluding carboxylic acids is 3. The van der Waals surface area contributed by atoms with Crippen molar-refractivity contribution in [1.29, 1.82) is 0 Å². The molecule has 1 aliphatic carbocycles. The molecule has 3 amide bonds. The third-order valence-electron chi connectivity index (χ3n) is 7.58. The third-order valence-corrected chi connectivity index (χ3v) is 7.78. The molecule has 35 heavy (non-hydrogen) atoms. The maximum atomic E-state index is 12.9. The van der Waals surface area contributed by atoms with E-state index in [0.29, 0.717) is 35.5 Å². The van der Waals surface area contributed by atoms with Gasteiger partial charge in [0.15, 0.2) is 0 Å². The summed E-state index contributed by atoms with van der Waals surface area (Å²) in [6, 6.07) is 5.30. The lowest BCUT2D eigenvalue weighted by molar-refractivity contribution is -0.136. The number of carbonyl (C=O) groups is 3. The second-order valence-corrected chi connectivity index (χ2v) is 10.2. The summed E-state index contributed by atoms with van der Waals surface area (Å²) in [5.41, 5.74) is 1.45. The summed E-state index contributed by atoms with van der Waals surface area (Å²) in [7, 11) is 0. The molecule has 3 aliphatic heterocycles. The number of fused-ring (bicyclic) bond motifs is 1. The molecule has 3 atom stereocenters. The number of nitrogens with zero attached hydrogens (tertiary/aromatic N) is 4. The van der Waals surface area contributed by atoms with Crippen molar-refractivity contribution in [3.05, 3.63) is 52.6 Å². The first-order chi connectivity index (χ1) is 17.0. The van der Waals surface area contributed by atoms with E-state index in [1.807, 2.05) is 12.1 Å². The maximum Gasteiger partial charge on any atom is 0.255 e. The van der Waals surface area contributed by atoms with E-state index >= 15 is 0 Å². The number of piperidine rings is 1. The average molecular weight is 496 g/mol. The van der Waals surface area contributed by atoms with Crippen LogP contribution in [0.25, 0.3) is 0 Å². The Kier molecular flexibility index (Phi) is 5.69. The van der Waals surface area contributed by atoms with Crippen LogP contribution in [-0.4, -0.2) is 68.8 Å². The molecular formula is C25H26ClN5O4. The van der Waals surface area contributed by atoms with Crippen LogP contribution >= 0.6 is 11.6 Å². The van der Waals surface area contributed by atoms with Crippen molar-refractivity contribution in [1.82, 2.24) is 25.1 Å². The Balaban J connectivity index is 1.10. The molecule has 182 valence electrons. The molecule has 4 heterocycles. The lowest BCUT2D eigenvalue weighted by Gasteiger charge is -2.44. The Labute approximate surface area is 207 Å². The van der Waals surface area contributed by atoms with E-state index in [2.05, 4.69) is 20.2 Å². The van der Waals surface area contributed by atoms with Gasteiger partial charge in [-0.25, -0.2) is 9.97 Å². The van der Waals surface area contributed by atoms with Crippen LogP contribution in [0.4, 0.5) is 0 Å². The van der Waals surface area contributed by atoms with Gasteiger partial charge < -0.3 is 9.64 Å². The van der Waals surface area contributed by atoms with Crippen molar-refractivity contribution in [3.8, 4) is 5.75 Å². The molecule has 1 aromatic heterocycles. The summed E-state index contributed by atoms with van der Waals surface area (Å²) in [6.45, 7) is 2.16. The quantitative estimate of drug-likeness (QED) is 0.634. The monoisotopic (exact) mass is 495 g/mol. The molecule has 4 aliphatic rings. The Morgan fingerprint density at radius 1 is 1.06 bits per heavy atom. The van der Waals surface area contributed by atoms with Crippen LogP contribution in [0.3, 0.4) is 0 Å². The summed E-state index contributed by atoms with van der Waals surface area (Å²) in [4.78, 5) is 49.4. The summed E-state index contributed by atoms with van der Waals surface area (Å²) >= 11 is 5.91. The smallest absolute Gasteiger partial charge is 0.255 e. The second-order valence-electron chi connectivity index (χ2n) is 9.78. The van der Waals surface area contributed by atoms with Gasteiger partial charge in [0, 0.05) is 56.0 Å². The molecule has 0 spiro atoms. The van der Waals surface area contributed by atoms with Gasteiger partial charge in [-0.05, 0) is 49.4 Å². The van der Waals surface area contributed by atoms with E-state index < -0.39 is 11.9 Å². The minimum atomic E-state index is -0.611. The van der Waals surface area contributed by atoms with Crippen LogP contribution in [0.15, 0.2) is 30.6 Å². The van der Waals surface area contributed by atoms with Crippen LogP contribution in [0.2, 0.25) is 5.02 Å². The molecule has 9 nitrogen and oxygen atoms in total. The van der Waals surface area contributed by atoms with E-state index in [4.69, 9.17) is 16.3 Å². The van der Waals surface area contributed by atoms with Gasteiger partial charge in [-0.15, -0.1) is 0 Å². The molecule has 1 aromatic carbocycles. The summed E-state index contributed by atoms with van der Waals surface area (Å²) < 4.78 is 6.43. The Bertz CT molecular complexity index is 1180. The molecule has 1 saturated carbocycles. The highest BCUT2D eigenvalue weighted by Gasteiger charge is 2.42. The van der Waals surface area contributed by atoms with E-state index in [1.54, 1.807) is 23.4 Å². The van der Waals surface area contributed by atoms with Crippen molar-refractivity contribution in [2.75, 3.05) is 13.1 Å². The molecule has 10 heteroatoms. The van der Waals surface area contributed by atoms with Gasteiger partial charge in [0.25, 0.3) is 5.91 Å². The number of aromatic nitrogens is 2. The van der Waals surface area contributed by atoms with Crippen molar-refractivity contribution >= 4 is 29.3 Å². The minimum absolute atomic E-state index is 0.0866. The number of hydrogen-bond acceptors (Lipinski definition) is 7. The van der Waals surface area contributed by atoms with Crippen LogP contribution < -0.4 is 10.1 Å². The van der Waals surface area contributed by atoms with E-state index in [0.717, 1.165) is 49.5 Å². The largest absolute Gasteiger partial charge is 0.489 e. The number of rotatable bonds is 5. The predicted octanol–water partition coefficient (Wildman–Crippen LogP) is 2.29. The standard InChI is InChI=1S/C25H26ClN5O4/c26-16-9-27-23(28-10-16)15-11-30(12-15)19-2-1-3-21(19)35-17-4-5-18-14(8-17)13-31(25(18)34)20-6-7-22(32)29-24(20)33/h4-5,8-10,15,19-21H,1-3,6-7,11-13H2,(H,29,32,33)/t19-,20?,21+/m0/s1. The van der Waals surface area contributed by atoms with E-state index in [9.17, 15) is 14.4 Å². The minimum Gasteiger partial charge on any atom is -0.489 e. The molecule has 2 saturated heterocycles. The number of hydrogen-bond donors (Lipinski definition) is 1. The third kappa shape index (κ3) is 4.16. The Morgan fingerprint density at radius 2 is 1.86 bits per heavy atom. The fourth-order valence-electron chi connectivity index (χ4n) is 5.74. The van der Waals surface area contributed by atoms with Crippen LogP contribution in [0.5, 0.6) is 5.75 Å². The first kappa shape index (κ1) is 22.4. The van der Waals surface area contributed by atoms with Gasteiger partial charge in [-0.2, -0.15) is 0 Å². The molecule has 0 radical (unpaired) electrons. The van der Waals surface area contributed by atoms with Crippen molar-refractivity contribution in [2.45, 2.75) is 62.8 Å². The first-order valence-corrected chi connectivity index (χ1v) is 12.5. The highest BCUT2D eigenvalue weighted by molar-refractivity contribution is 6.30. The van der Waals surface area contributed by atoms with Gasteiger partial charge in [0.2, 0.25) is 11.8 Å². The zero-order valence-corrected chi connectivity index (χ0v) is 19.9. The second kappa shape index (κ2) is 8.87. The normalized spacial score (nSPS) is 27.1. The van der Waals surface area contributed by atoms with Crippen LogP contribution in [0.1, 0.15) is 59.8 Å². The van der Waals surface area contributed by atoms with Gasteiger partial charge in [-0.3, -0.25) is 24.6 Å². The SMILES string of the molecule is O=C1CCC(N2Cc3cc(O[C@@H]4CCC[C@@H]4N4CC(c5ncc(Cl)cn5)C4)ccc3C2=O)C(=O)N1. The number of ether oxygens (including phenoxy) is 1. The van der Waals surface area contributed by atoms with E-state index in [-0.39, 0.29) is 24.3 Å². The molecule has 1 N–H and O–H groups in total. The summed E-state index contributed by atoms with van der Waals surface area (Å²) in [5, 5.41) is 2.89. The van der Waals surface area contributed by atoms with E-state index in [1.165, 1.54) is 0 Å². The number of benzene rings is 1. The molecule has 2 aromatic rings. The fraction of sp³-hybridized carbons (Fsp3) is 0.480. The molecule has 3 fully saturated rings. The summed E-state index contributed by atoms with van der Waals surface area (Å²) in [5.74, 6) is 1.05. The lowest BCUT2D eigenvalue weighted by atomic mass is 9.95. The number of halogens is 1. The van der Waals surface area contributed by atoms with Gasteiger partial charge in [-0.1, -0.05) is 11.6 Å². The number of likely N-dealkylation sites (tertiary alicyclic amines) is 1. The number of amides is 3. The fourth-order valence-corrected chi connectivity index (χ4v) is 5.84. The zero-order chi connectivity index (χ0) is 24.1. The maximum absolute atomic E-state index is 12.9. The molecule has 0 bridgehead atoms. The van der Waals surface area contributed by atoms with Crippen LogP contribution in [0, 0.1) is 0 Å². The Hall–Kier alpha value is -3.04. The van der Waals surface area contributed by atoms with Crippen molar-refractivity contribution in [2.24, 2.45) is 0 Å². The average Bonchev–Trinajstić information content (AvgIpc) is 3.38. The molecule has 1 unspecified atom stereocenters. The van der Waals surface area contributed by atoms with Crippen molar-refractivity contribution < 1.29 is 19.1 Å².